The molecule has 4 heteroatoms. The Balaban J connectivity index is 3.68. The van der Waals surface area contributed by atoms with Gasteiger partial charge in [-0.1, -0.05) is 18.2 Å². The van der Waals surface area contributed by atoms with E-state index in [1.807, 2.05) is 13.2 Å². The summed E-state index contributed by atoms with van der Waals surface area (Å²) in [5.41, 5.74) is 0. The Morgan fingerprint density at radius 3 is 2.67 bits per heavy atom. The summed E-state index contributed by atoms with van der Waals surface area (Å²) in [6, 6.07) is 0.250. The van der Waals surface area contributed by atoms with Crippen LogP contribution < -0.4 is 5.32 Å². The van der Waals surface area contributed by atoms with Crippen molar-refractivity contribution < 1.29 is 5.11 Å². The first-order chi connectivity index (χ1) is 5.61. The van der Waals surface area contributed by atoms with Crippen LogP contribution in [0.3, 0.4) is 0 Å². The summed E-state index contributed by atoms with van der Waals surface area (Å²) in [6.07, 6.45) is 1.98. The maximum absolute atomic E-state index is 8.95. The second kappa shape index (κ2) is 6.78. The van der Waals surface area contributed by atoms with E-state index in [-0.39, 0.29) is 17.9 Å². The molecule has 0 aliphatic carbocycles. The van der Waals surface area contributed by atoms with E-state index in [9.17, 15) is 0 Å². The van der Waals surface area contributed by atoms with Gasteiger partial charge in [0, 0.05) is 22.9 Å². The molecule has 2 atom stereocenters. The van der Waals surface area contributed by atoms with E-state index in [2.05, 4.69) is 11.9 Å². The Kier molecular flexibility index (Phi) is 6.95. The zero-order valence-corrected chi connectivity index (χ0v) is 9.08. The third-order valence-corrected chi connectivity index (χ3v) is 2.95. The minimum absolute atomic E-state index is 0.185. The van der Waals surface area contributed by atoms with Crippen molar-refractivity contribution in [3.63, 3.8) is 0 Å². The Morgan fingerprint density at radius 2 is 2.33 bits per heavy atom. The van der Waals surface area contributed by atoms with Crippen LogP contribution in [0, 0.1) is 0 Å². The number of aliphatic hydroxyl groups excluding tert-OH is 1. The van der Waals surface area contributed by atoms with E-state index < -0.39 is 0 Å². The van der Waals surface area contributed by atoms with Crippen LogP contribution in [0.5, 0.6) is 0 Å². The van der Waals surface area contributed by atoms with Crippen LogP contribution >= 0.6 is 23.4 Å². The van der Waals surface area contributed by atoms with E-state index in [1.54, 1.807) is 11.8 Å². The highest BCUT2D eigenvalue weighted by Crippen LogP contribution is 2.10. The lowest BCUT2D eigenvalue weighted by atomic mass is 10.2. The van der Waals surface area contributed by atoms with Gasteiger partial charge in [-0.05, 0) is 13.2 Å². The lowest BCUT2D eigenvalue weighted by Gasteiger charge is -2.20. The van der Waals surface area contributed by atoms with E-state index in [4.69, 9.17) is 16.7 Å². The Morgan fingerprint density at radius 1 is 1.75 bits per heavy atom. The second-order valence-corrected chi connectivity index (χ2v) is 4.25. The fraction of sp³-hybridized carbons (Fsp3) is 0.750. The van der Waals surface area contributed by atoms with Gasteiger partial charge in [0.15, 0.2) is 0 Å². The van der Waals surface area contributed by atoms with Crippen LogP contribution in [0.25, 0.3) is 0 Å². The van der Waals surface area contributed by atoms with Crippen molar-refractivity contribution in [1.82, 2.24) is 5.32 Å². The first-order valence-corrected chi connectivity index (χ1v) is 5.48. The van der Waals surface area contributed by atoms with Gasteiger partial charge in [-0.25, -0.2) is 0 Å². The normalized spacial score (nSPS) is 15.7. The summed E-state index contributed by atoms with van der Waals surface area (Å²) in [6.45, 7) is 6.38. The van der Waals surface area contributed by atoms with Crippen LogP contribution in [0.4, 0.5) is 0 Å². The predicted molar refractivity (Wildman–Crippen MR) is 56.8 cm³/mol. The molecule has 0 saturated heterocycles. The number of hydrogen-bond donors (Lipinski definition) is 2. The average molecular weight is 210 g/mol. The van der Waals surface area contributed by atoms with E-state index in [0.717, 1.165) is 0 Å². The van der Waals surface area contributed by atoms with Crippen molar-refractivity contribution in [1.29, 1.82) is 0 Å². The van der Waals surface area contributed by atoms with Gasteiger partial charge >= 0.3 is 0 Å². The Hall–Kier alpha value is 0.300. The maximum Gasteiger partial charge on any atom is 0.0564 e. The molecule has 0 rings (SSSR count). The first-order valence-electron chi connectivity index (χ1n) is 3.82. The molecule has 2 N–H and O–H groups in total. The highest BCUT2D eigenvalue weighted by Gasteiger charge is 2.13. The van der Waals surface area contributed by atoms with Crippen molar-refractivity contribution in [3.8, 4) is 0 Å². The summed E-state index contributed by atoms with van der Waals surface area (Å²) >= 11 is 7.23. The van der Waals surface area contributed by atoms with Gasteiger partial charge in [0.25, 0.3) is 0 Å². The molecule has 0 aromatic rings. The lowest BCUT2D eigenvalue weighted by Crippen LogP contribution is -2.38. The standard InChI is InChI=1S/C8H16ClNOS/c1-6(9)4-10-7(2)8(5-11)12-3/h7-8,10-11H,1,4-5H2,2-3H3. The molecule has 0 aromatic heterocycles. The molecule has 0 radical (unpaired) electrons. The molecule has 0 saturated carbocycles. The van der Waals surface area contributed by atoms with Gasteiger partial charge < -0.3 is 10.4 Å². The zero-order valence-electron chi connectivity index (χ0n) is 7.51. The molecule has 12 heavy (non-hydrogen) atoms. The molecule has 72 valence electrons. The minimum atomic E-state index is 0.185. The third kappa shape index (κ3) is 5.04. The molecule has 0 aromatic carbocycles. The van der Waals surface area contributed by atoms with Crippen molar-refractivity contribution in [2.45, 2.75) is 18.2 Å². The molecule has 2 nitrogen and oxygen atoms in total. The summed E-state index contributed by atoms with van der Waals surface area (Å²) in [4.78, 5) is 0. The molecule has 2 unspecified atom stereocenters. The number of rotatable bonds is 6. The largest absolute Gasteiger partial charge is 0.395 e. The molecule has 0 spiro atoms. The Bertz CT molecular complexity index is 139. The van der Waals surface area contributed by atoms with Gasteiger partial charge in [0.2, 0.25) is 0 Å². The van der Waals surface area contributed by atoms with Gasteiger partial charge in [-0.2, -0.15) is 11.8 Å². The van der Waals surface area contributed by atoms with Crippen molar-refractivity contribution in [2.24, 2.45) is 0 Å². The maximum atomic E-state index is 8.95. The molecule has 0 aliphatic heterocycles. The number of halogens is 1. The van der Waals surface area contributed by atoms with Crippen molar-refractivity contribution in [2.75, 3.05) is 19.4 Å². The number of aliphatic hydroxyl groups is 1. The van der Waals surface area contributed by atoms with Crippen LogP contribution in [0.15, 0.2) is 11.6 Å². The molecule has 0 bridgehead atoms. The van der Waals surface area contributed by atoms with Crippen LogP contribution in [-0.2, 0) is 0 Å². The lowest BCUT2D eigenvalue weighted by molar-refractivity contribution is 0.277. The topological polar surface area (TPSA) is 32.3 Å². The fourth-order valence-electron chi connectivity index (χ4n) is 0.840. The molecule has 0 aliphatic rings. The smallest absolute Gasteiger partial charge is 0.0564 e. The predicted octanol–water partition coefficient (Wildman–Crippen LogP) is 1.44. The summed E-state index contributed by atoms with van der Waals surface area (Å²) in [7, 11) is 0. The quantitative estimate of drug-likeness (QED) is 0.695. The summed E-state index contributed by atoms with van der Waals surface area (Å²) in [5.74, 6) is 0. The fourth-order valence-corrected chi connectivity index (χ4v) is 1.57. The average Bonchev–Trinajstić information content (AvgIpc) is 2.03. The molecule has 0 amide bonds. The van der Waals surface area contributed by atoms with Gasteiger partial charge in [-0.15, -0.1) is 0 Å². The van der Waals surface area contributed by atoms with Crippen LogP contribution in [-0.4, -0.2) is 35.8 Å². The number of nitrogens with one attached hydrogen (secondary N) is 1. The third-order valence-electron chi connectivity index (χ3n) is 1.66. The summed E-state index contributed by atoms with van der Waals surface area (Å²) in [5, 5.41) is 12.9. The first kappa shape index (κ1) is 12.3. The van der Waals surface area contributed by atoms with E-state index in [1.165, 1.54) is 0 Å². The monoisotopic (exact) mass is 209 g/mol. The molecular weight excluding hydrogens is 194 g/mol. The summed E-state index contributed by atoms with van der Waals surface area (Å²) < 4.78 is 0. The van der Waals surface area contributed by atoms with Gasteiger partial charge in [0.1, 0.15) is 0 Å². The van der Waals surface area contributed by atoms with Crippen LogP contribution in [0.1, 0.15) is 6.92 Å². The highest BCUT2D eigenvalue weighted by molar-refractivity contribution is 7.99. The molecular formula is C8H16ClNOS. The highest BCUT2D eigenvalue weighted by atomic mass is 35.5. The number of hydrogen-bond acceptors (Lipinski definition) is 3. The van der Waals surface area contributed by atoms with E-state index in [0.29, 0.717) is 11.6 Å². The SMILES string of the molecule is C=C(Cl)CNC(C)C(CO)SC. The van der Waals surface area contributed by atoms with E-state index >= 15 is 0 Å². The van der Waals surface area contributed by atoms with Gasteiger partial charge in [-0.3, -0.25) is 0 Å². The minimum Gasteiger partial charge on any atom is -0.395 e. The number of thioether (sulfide) groups is 1. The molecule has 0 fully saturated rings. The van der Waals surface area contributed by atoms with Gasteiger partial charge in [0.05, 0.1) is 6.61 Å². The van der Waals surface area contributed by atoms with Crippen molar-refractivity contribution >= 4 is 23.4 Å². The zero-order chi connectivity index (χ0) is 9.56. The Labute approximate surface area is 83.4 Å². The van der Waals surface area contributed by atoms with Crippen molar-refractivity contribution in [3.05, 3.63) is 11.6 Å². The van der Waals surface area contributed by atoms with Crippen LogP contribution in [0.2, 0.25) is 0 Å². The molecule has 0 heterocycles. The second-order valence-electron chi connectivity index (χ2n) is 2.64.